The predicted octanol–water partition coefficient (Wildman–Crippen LogP) is -3.93. The molecule has 0 unspecified atom stereocenters. The van der Waals surface area contributed by atoms with Crippen LogP contribution in [-0.4, -0.2) is 29.7 Å². The van der Waals surface area contributed by atoms with E-state index >= 15 is 0 Å². The summed E-state index contributed by atoms with van der Waals surface area (Å²) >= 11 is 0. The van der Waals surface area contributed by atoms with Crippen molar-refractivity contribution in [2.75, 3.05) is 7.11 Å². The second kappa shape index (κ2) is 8.94. The summed E-state index contributed by atoms with van der Waals surface area (Å²) in [5.74, 6) is -0.153. The fourth-order valence-electron chi connectivity index (χ4n) is 0.464. The van der Waals surface area contributed by atoms with Crippen LogP contribution in [0.15, 0.2) is 24.3 Å². The van der Waals surface area contributed by atoms with Crippen LogP contribution in [-0.2, 0) is 4.65 Å². The van der Waals surface area contributed by atoms with Crippen molar-refractivity contribution in [1.82, 2.24) is 0 Å². The quantitative estimate of drug-likeness (QED) is 0.312. The van der Waals surface area contributed by atoms with Gasteiger partial charge in [-0.2, -0.15) is 0 Å². The van der Waals surface area contributed by atoms with Crippen molar-refractivity contribution >= 4 is 7.32 Å². The van der Waals surface area contributed by atoms with Gasteiger partial charge in [0.1, 0.15) is 0 Å². The normalized spacial score (nSPS) is 7.93. The third-order valence-corrected chi connectivity index (χ3v) is 1.08. The Morgan fingerprint density at radius 2 is 1.50 bits per heavy atom. The van der Waals surface area contributed by atoms with Crippen LogP contribution in [0.1, 0.15) is 0 Å². The summed E-state index contributed by atoms with van der Waals surface area (Å²) in [7, 11) is -0.729. The largest absolute Gasteiger partial charge is 1.00 e. The van der Waals surface area contributed by atoms with Gasteiger partial charge in [-0.05, 0) is 12.1 Å². The summed E-state index contributed by atoms with van der Waals surface area (Å²) < 4.78 is 3.75. The van der Waals surface area contributed by atoms with Gasteiger partial charge in [0.15, 0.2) is 11.5 Å². The van der Waals surface area contributed by atoms with Gasteiger partial charge < -0.3 is 24.9 Å². The molecule has 0 heterocycles. The van der Waals surface area contributed by atoms with Gasteiger partial charge in [0.25, 0.3) is 0 Å². The molecule has 3 N–H and O–H groups in total. The van der Waals surface area contributed by atoms with Gasteiger partial charge in [0.2, 0.25) is 0 Å². The minimum absolute atomic E-state index is 0. The topological polar surface area (TPSA) is 93.0 Å². The Morgan fingerprint density at radius 3 is 1.64 bits per heavy atom. The summed E-state index contributed by atoms with van der Waals surface area (Å²) in [6.07, 6.45) is 0. The number of para-hydroxylation sites is 2. The molecule has 0 saturated heterocycles. The maximum atomic E-state index is 9.23. The Kier molecular flexibility index (Phi) is 10.1. The van der Waals surface area contributed by atoms with Gasteiger partial charge in [-0.15, -0.1) is 0 Å². The maximum Gasteiger partial charge on any atom is 1.00 e. The predicted molar refractivity (Wildman–Crippen MR) is 44.8 cm³/mol. The Bertz CT molecular complexity index is 224. The molecule has 1 aromatic carbocycles. The van der Waals surface area contributed by atoms with Gasteiger partial charge in [0.05, 0.1) is 0 Å². The van der Waals surface area contributed by atoms with E-state index in [2.05, 4.69) is 4.65 Å². The molecule has 0 aliphatic carbocycles. The smallest absolute Gasteiger partial charge is 0.832 e. The first kappa shape index (κ1) is 15.8. The first-order valence-corrected chi connectivity index (χ1v) is 3.41. The summed E-state index contributed by atoms with van der Waals surface area (Å²) in [5.41, 5.74) is 0. The van der Waals surface area contributed by atoms with Crippen molar-refractivity contribution in [2.24, 2.45) is 0 Å². The fraction of sp³-hybridized carbons (Fsp3) is 0.143. The average molecular weight is 192 g/mol. The molecular formula is C7H10BLiO5. The minimum Gasteiger partial charge on any atom is -0.832 e. The zero-order chi connectivity index (χ0) is 10.3. The van der Waals surface area contributed by atoms with Gasteiger partial charge >= 0.3 is 26.2 Å². The Labute approximate surface area is 94.3 Å². The molecule has 0 spiro atoms. The van der Waals surface area contributed by atoms with E-state index in [-0.39, 0.29) is 30.4 Å². The number of hydrogen-bond donors (Lipinski definition) is 3. The first-order chi connectivity index (χ1) is 6.07. The zero-order valence-electron chi connectivity index (χ0n) is 8.04. The molecule has 0 aliphatic heterocycles. The van der Waals surface area contributed by atoms with Crippen molar-refractivity contribution in [1.29, 1.82) is 0 Å². The number of benzene rings is 1. The minimum atomic E-state index is -1.87. The zero-order valence-corrected chi connectivity index (χ0v) is 8.04. The van der Waals surface area contributed by atoms with Crippen LogP contribution < -0.4 is 23.9 Å². The molecule has 0 bridgehead atoms. The molecule has 0 fully saturated rings. The van der Waals surface area contributed by atoms with Crippen molar-refractivity contribution in [3.63, 3.8) is 0 Å². The summed E-state index contributed by atoms with van der Waals surface area (Å²) in [4.78, 5) is 0. The van der Waals surface area contributed by atoms with E-state index in [0.29, 0.717) is 0 Å². The number of hydrogen-bond acceptors (Lipinski definition) is 5. The SMILES string of the molecule is COB([O-])O.Oc1ccccc1O.[Li+]. The maximum absolute atomic E-state index is 9.23. The molecule has 72 valence electrons. The third kappa shape index (κ3) is 7.98. The molecule has 14 heavy (non-hydrogen) atoms. The summed E-state index contributed by atoms with van der Waals surface area (Å²) in [6, 6.07) is 6.15. The number of phenolic OH excluding ortho intramolecular Hbond substituents is 2. The van der Waals surface area contributed by atoms with E-state index in [1.54, 1.807) is 12.1 Å². The van der Waals surface area contributed by atoms with Gasteiger partial charge in [-0.1, -0.05) is 12.1 Å². The Morgan fingerprint density at radius 1 is 1.21 bits per heavy atom. The van der Waals surface area contributed by atoms with Crippen molar-refractivity contribution < 1.29 is 43.8 Å². The van der Waals surface area contributed by atoms with Crippen LogP contribution in [0, 0.1) is 0 Å². The average Bonchev–Trinajstić information content (AvgIpc) is 2.11. The van der Waals surface area contributed by atoms with E-state index in [1.165, 1.54) is 12.1 Å². The molecule has 5 nitrogen and oxygen atoms in total. The molecule has 0 saturated carbocycles. The van der Waals surface area contributed by atoms with Gasteiger partial charge in [-0.3, -0.25) is 0 Å². The van der Waals surface area contributed by atoms with Gasteiger partial charge in [0, 0.05) is 7.11 Å². The molecule has 1 rings (SSSR count). The van der Waals surface area contributed by atoms with Crippen LogP contribution in [0.2, 0.25) is 0 Å². The number of phenols is 2. The summed E-state index contributed by atoms with van der Waals surface area (Å²) in [5, 5.41) is 34.2. The van der Waals surface area contributed by atoms with E-state index in [4.69, 9.17) is 15.2 Å². The van der Waals surface area contributed by atoms with Crippen molar-refractivity contribution in [3.05, 3.63) is 24.3 Å². The van der Waals surface area contributed by atoms with Crippen LogP contribution in [0.25, 0.3) is 0 Å². The Balaban J connectivity index is 0. The molecule has 0 aliphatic rings. The van der Waals surface area contributed by atoms with Crippen LogP contribution in [0.3, 0.4) is 0 Å². The second-order valence-corrected chi connectivity index (χ2v) is 2.03. The van der Waals surface area contributed by atoms with E-state index in [9.17, 15) is 5.02 Å². The molecule has 0 atom stereocenters. The van der Waals surface area contributed by atoms with E-state index in [0.717, 1.165) is 7.11 Å². The first-order valence-electron chi connectivity index (χ1n) is 3.41. The van der Waals surface area contributed by atoms with Crippen LogP contribution >= 0.6 is 0 Å². The Hall–Kier alpha value is -0.638. The molecule has 1 aromatic rings. The molecule has 7 heteroatoms. The molecule has 0 radical (unpaired) electrons. The van der Waals surface area contributed by atoms with Crippen molar-refractivity contribution in [3.8, 4) is 11.5 Å². The molecule has 0 amide bonds. The van der Waals surface area contributed by atoms with E-state index in [1.807, 2.05) is 0 Å². The third-order valence-electron chi connectivity index (χ3n) is 1.08. The van der Waals surface area contributed by atoms with Crippen molar-refractivity contribution in [2.45, 2.75) is 0 Å². The van der Waals surface area contributed by atoms with Crippen LogP contribution in [0.5, 0.6) is 11.5 Å². The van der Waals surface area contributed by atoms with Gasteiger partial charge in [-0.25, -0.2) is 0 Å². The van der Waals surface area contributed by atoms with Crippen LogP contribution in [0.4, 0.5) is 0 Å². The second-order valence-electron chi connectivity index (χ2n) is 2.03. The summed E-state index contributed by atoms with van der Waals surface area (Å²) in [6.45, 7) is 0. The fourth-order valence-corrected chi connectivity index (χ4v) is 0.464. The number of aromatic hydroxyl groups is 2. The molecular weight excluding hydrogens is 182 g/mol. The monoisotopic (exact) mass is 192 g/mol. The standard InChI is InChI=1S/C6H6O2.CH4BO3.Li/c7-5-3-1-2-4-6(5)8;1-5-2(3)4;/h1-4,7-8H;3H,1H3;/q;-1;+1. The number of rotatable bonds is 1. The van der Waals surface area contributed by atoms with E-state index < -0.39 is 7.32 Å². The molecule has 0 aromatic heterocycles.